The lowest BCUT2D eigenvalue weighted by Gasteiger charge is -2.10. The second-order valence-electron chi connectivity index (χ2n) is 3.67. The van der Waals surface area contributed by atoms with Crippen LogP contribution < -0.4 is 10.1 Å². The van der Waals surface area contributed by atoms with E-state index in [0.29, 0.717) is 21.6 Å². The van der Waals surface area contributed by atoms with Gasteiger partial charge in [-0.05, 0) is 46.3 Å². The summed E-state index contributed by atoms with van der Waals surface area (Å²) in [6, 6.07) is 8.81. The lowest BCUT2D eigenvalue weighted by molar-refractivity contribution is 0.102. The van der Waals surface area contributed by atoms with Crippen molar-refractivity contribution in [2.24, 2.45) is 0 Å². The summed E-state index contributed by atoms with van der Waals surface area (Å²) in [4.78, 5) is 16.1. The molecule has 1 aromatic heterocycles. The third-order valence-corrected chi connectivity index (χ3v) is 3.36. The van der Waals surface area contributed by atoms with Crippen LogP contribution in [-0.4, -0.2) is 18.0 Å². The summed E-state index contributed by atoms with van der Waals surface area (Å²) in [6.07, 6.45) is 1.50. The molecule has 6 heteroatoms. The summed E-state index contributed by atoms with van der Waals surface area (Å²) in [7, 11) is 1.56. The summed E-state index contributed by atoms with van der Waals surface area (Å²) < 4.78 is 6.74. The molecule has 0 atom stereocenters. The summed E-state index contributed by atoms with van der Waals surface area (Å²) in [5.74, 6) is 0.359. The van der Waals surface area contributed by atoms with Crippen molar-refractivity contribution in [1.82, 2.24) is 4.98 Å². The minimum absolute atomic E-state index is 0.239. The molecule has 0 radical (unpaired) electrons. The maximum absolute atomic E-state index is 12.1. The Morgan fingerprint density at radius 2 is 2.05 bits per heavy atom. The molecule has 1 heterocycles. The fourth-order valence-electron chi connectivity index (χ4n) is 1.48. The first kappa shape index (κ1) is 14.0. The molecule has 0 aliphatic carbocycles. The predicted molar refractivity (Wildman–Crippen MR) is 80.6 cm³/mol. The van der Waals surface area contributed by atoms with E-state index < -0.39 is 0 Å². The number of benzene rings is 1. The highest BCUT2D eigenvalue weighted by atomic mass is 79.9. The zero-order valence-electron chi connectivity index (χ0n) is 9.98. The van der Waals surface area contributed by atoms with Crippen LogP contribution in [0.2, 0.25) is 0 Å². The van der Waals surface area contributed by atoms with Crippen LogP contribution >= 0.6 is 31.9 Å². The fourth-order valence-corrected chi connectivity index (χ4v) is 2.08. The molecule has 0 saturated carbocycles. The molecule has 1 amide bonds. The molecule has 0 aliphatic rings. The number of hydrogen-bond acceptors (Lipinski definition) is 3. The minimum Gasteiger partial charge on any atom is -0.495 e. The molecular weight excluding hydrogens is 376 g/mol. The monoisotopic (exact) mass is 384 g/mol. The van der Waals surface area contributed by atoms with Crippen LogP contribution in [0.4, 0.5) is 5.69 Å². The van der Waals surface area contributed by atoms with E-state index in [1.54, 1.807) is 31.4 Å². The maximum atomic E-state index is 12.1. The summed E-state index contributed by atoms with van der Waals surface area (Å²) in [5.41, 5.74) is 1.08. The fraction of sp³-hybridized carbons (Fsp3) is 0.0769. The van der Waals surface area contributed by atoms with Gasteiger partial charge < -0.3 is 10.1 Å². The Morgan fingerprint density at radius 1 is 1.26 bits per heavy atom. The first-order chi connectivity index (χ1) is 9.10. The molecular formula is C13H10Br2N2O2. The van der Waals surface area contributed by atoms with Crippen LogP contribution in [-0.2, 0) is 0 Å². The highest BCUT2D eigenvalue weighted by molar-refractivity contribution is 9.10. The van der Waals surface area contributed by atoms with Crippen LogP contribution in [0.1, 0.15) is 10.4 Å². The number of ether oxygens (including phenoxy) is 1. The van der Waals surface area contributed by atoms with E-state index in [-0.39, 0.29) is 5.91 Å². The van der Waals surface area contributed by atoms with Crippen molar-refractivity contribution >= 4 is 43.5 Å². The van der Waals surface area contributed by atoms with E-state index in [1.807, 2.05) is 6.07 Å². The zero-order valence-corrected chi connectivity index (χ0v) is 13.2. The number of rotatable bonds is 3. The van der Waals surface area contributed by atoms with E-state index >= 15 is 0 Å². The molecule has 0 fully saturated rings. The van der Waals surface area contributed by atoms with E-state index in [1.165, 1.54) is 6.20 Å². The largest absolute Gasteiger partial charge is 0.495 e. The van der Waals surface area contributed by atoms with Gasteiger partial charge in [0.05, 0.1) is 18.4 Å². The Morgan fingerprint density at radius 3 is 2.68 bits per heavy atom. The van der Waals surface area contributed by atoms with Crippen molar-refractivity contribution < 1.29 is 9.53 Å². The van der Waals surface area contributed by atoms with Gasteiger partial charge >= 0.3 is 0 Å². The Bertz CT molecular complexity index is 600. The number of nitrogens with one attached hydrogen (secondary N) is 1. The Hall–Kier alpha value is -1.40. The molecule has 1 aromatic carbocycles. The smallest absolute Gasteiger partial charge is 0.257 e. The predicted octanol–water partition coefficient (Wildman–Crippen LogP) is 3.87. The summed E-state index contributed by atoms with van der Waals surface area (Å²) in [6.45, 7) is 0. The van der Waals surface area contributed by atoms with Crippen molar-refractivity contribution in [3.63, 3.8) is 0 Å². The Labute approximate surface area is 127 Å². The first-order valence-corrected chi connectivity index (χ1v) is 6.95. The molecule has 4 nitrogen and oxygen atoms in total. The normalized spacial score (nSPS) is 10.1. The standard InChI is InChI=1S/C13H10Br2N2O2/c1-19-11-4-3-9(14)6-10(11)17-13(18)8-2-5-12(15)16-7-8/h2-7H,1H3,(H,17,18). The van der Waals surface area contributed by atoms with Gasteiger partial charge in [-0.3, -0.25) is 4.79 Å². The molecule has 0 bridgehead atoms. The molecule has 19 heavy (non-hydrogen) atoms. The topological polar surface area (TPSA) is 51.2 Å². The molecule has 0 saturated heterocycles. The molecule has 0 spiro atoms. The van der Waals surface area contributed by atoms with E-state index in [9.17, 15) is 4.79 Å². The number of methoxy groups -OCH3 is 1. The second kappa shape index (κ2) is 6.16. The molecule has 0 unspecified atom stereocenters. The zero-order chi connectivity index (χ0) is 13.8. The van der Waals surface area contributed by atoms with Gasteiger partial charge in [-0.25, -0.2) is 4.98 Å². The number of halogens is 2. The molecule has 2 aromatic rings. The number of carbonyl (C=O) groups is 1. The van der Waals surface area contributed by atoms with Crippen LogP contribution in [0, 0.1) is 0 Å². The number of hydrogen-bond donors (Lipinski definition) is 1. The number of pyridine rings is 1. The van der Waals surface area contributed by atoms with Crippen molar-refractivity contribution in [2.75, 3.05) is 12.4 Å². The quantitative estimate of drug-likeness (QED) is 0.816. The van der Waals surface area contributed by atoms with Crippen molar-refractivity contribution in [2.45, 2.75) is 0 Å². The lowest BCUT2D eigenvalue weighted by atomic mass is 10.2. The Balaban J connectivity index is 2.23. The molecule has 98 valence electrons. The minimum atomic E-state index is -0.239. The average molecular weight is 386 g/mol. The van der Waals surface area contributed by atoms with Gasteiger partial charge in [0.15, 0.2) is 0 Å². The second-order valence-corrected chi connectivity index (χ2v) is 5.40. The Kier molecular flexibility index (Phi) is 4.55. The maximum Gasteiger partial charge on any atom is 0.257 e. The number of aromatic nitrogens is 1. The number of nitrogens with zero attached hydrogens (tertiary/aromatic N) is 1. The van der Waals surface area contributed by atoms with Gasteiger partial charge in [-0.1, -0.05) is 15.9 Å². The van der Waals surface area contributed by atoms with Gasteiger partial charge in [-0.15, -0.1) is 0 Å². The van der Waals surface area contributed by atoms with Crippen LogP contribution in [0.3, 0.4) is 0 Å². The highest BCUT2D eigenvalue weighted by Gasteiger charge is 2.10. The van der Waals surface area contributed by atoms with Gasteiger partial charge in [0.25, 0.3) is 5.91 Å². The molecule has 0 aliphatic heterocycles. The first-order valence-electron chi connectivity index (χ1n) is 5.36. The van der Waals surface area contributed by atoms with E-state index in [4.69, 9.17) is 4.74 Å². The number of carbonyl (C=O) groups excluding carboxylic acids is 1. The van der Waals surface area contributed by atoms with Crippen molar-refractivity contribution in [1.29, 1.82) is 0 Å². The summed E-state index contributed by atoms with van der Waals surface area (Å²) >= 11 is 6.58. The molecule has 2 rings (SSSR count). The third kappa shape index (κ3) is 3.54. The summed E-state index contributed by atoms with van der Waals surface area (Å²) in [5, 5.41) is 2.79. The van der Waals surface area contributed by atoms with Crippen molar-refractivity contribution in [3.8, 4) is 5.75 Å². The average Bonchev–Trinajstić information content (AvgIpc) is 2.39. The van der Waals surface area contributed by atoms with Crippen LogP contribution in [0.15, 0.2) is 45.6 Å². The van der Waals surface area contributed by atoms with Crippen LogP contribution in [0.5, 0.6) is 5.75 Å². The lowest BCUT2D eigenvalue weighted by Crippen LogP contribution is -2.12. The van der Waals surface area contributed by atoms with E-state index in [2.05, 4.69) is 42.2 Å². The van der Waals surface area contributed by atoms with Gasteiger partial charge in [-0.2, -0.15) is 0 Å². The van der Waals surface area contributed by atoms with Gasteiger partial charge in [0.1, 0.15) is 10.4 Å². The van der Waals surface area contributed by atoms with Gasteiger partial charge in [0, 0.05) is 10.7 Å². The highest BCUT2D eigenvalue weighted by Crippen LogP contribution is 2.28. The van der Waals surface area contributed by atoms with Crippen molar-refractivity contribution in [3.05, 3.63) is 51.2 Å². The van der Waals surface area contributed by atoms with E-state index in [0.717, 1.165) is 4.47 Å². The van der Waals surface area contributed by atoms with Gasteiger partial charge in [0.2, 0.25) is 0 Å². The number of amides is 1. The SMILES string of the molecule is COc1ccc(Br)cc1NC(=O)c1ccc(Br)nc1. The number of anilines is 1. The molecule has 1 N–H and O–H groups in total. The third-order valence-electron chi connectivity index (χ3n) is 2.40. The van der Waals surface area contributed by atoms with Crippen LogP contribution in [0.25, 0.3) is 0 Å².